The molecule has 0 aliphatic heterocycles. The predicted octanol–water partition coefficient (Wildman–Crippen LogP) is 4.62. The number of amides is 1. The summed E-state index contributed by atoms with van der Waals surface area (Å²) < 4.78 is 13.1. The van der Waals surface area contributed by atoms with Gasteiger partial charge in [0.1, 0.15) is 4.83 Å². The highest BCUT2D eigenvalue weighted by molar-refractivity contribution is 7.20. The van der Waals surface area contributed by atoms with Crippen molar-refractivity contribution in [1.29, 1.82) is 0 Å². The Hall–Kier alpha value is -2.54. The fourth-order valence-corrected chi connectivity index (χ4v) is 4.09. The lowest BCUT2D eigenvalue weighted by Gasteiger charge is -2.17. The number of nitrogens with zero attached hydrogens (tertiary/aromatic N) is 2. The van der Waals surface area contributed by atoms with Crippen LogP contribution in [0.2, 0.25) is 0 Å². The average Bonchev–Trinajstić information content (AvgIpc) is 3.23. The summed E-state index contributed by atoms with van der Waals surface area (Å²) in [5, 5.41) is 8.48. The van der Waals surface area contributed by atoms with E-state index in [1.165, 1.54) is 11.3 Å². The molecule has 0 saturated heterocycles. The number of hydrogen-bond donors (Lipinski definition) is 1. The molecule has 1 N–H and O–H groups in total. The number of aryl methyl sites for hydroxylation is 2. The van der Waals surface area contributed by atoms with Crippen LogP contribution in [0.15, 0.2) is 24.3 Å². The van der Waals surface area contributed by atoms with E-state index in [1.54, 1.807) is 7.11 Å². The smallest absolute Gasteiger partial charge is 0.261 e. The maximum Gasteiger partial charge on any atom is 0.261 e. The predicted molar refractivity (Wildman–Crippen MR) is 113 cm³/mol. The minimum absolute atomic E-state index is 0.0876. The van der Waals surface area contributed by atoms with Crippen molar-refractivity contribution in [3.8, 4) is 11.5 Å². The molecule has 28 heavy (non-hydrogen) atoms. The number of nitrogens with one attached hydrogen (secondary N) is 1. The maximum atomic E-state index is 12.7. The van der Waals surface area contributed by atoms with Crippen molar-refractivity contribution in [1.82, 2.24) is 15.1 Å². The van der Waals surface area contributed by atoms with Crippen LogP contribution < -0.4 is 14.8 Å². The molecule has 0 spiro atoms. The van der Waals surface area contributed by atoms with Crippen LogP contribution in [0.5, 0.6) is 11.5 Å². The second-order valence-electron chi connectivity index (χ2n) is 6.85. The van der Waals surface area contributed by atoms with E-state index in [9.17, 15) is 4.79 Å². The van der Waals surface area contributed by atoms with E-state index in [-0.39, 0.29) is 11.9 Å². The van der Waals surface area contributed by atoms with Crippen molar-refractivity contribution in [3.05, 3.63) is 40.4 Å². The molecule has 0 radical (unpaired) electrons. The number of methoxy groups -OCH3 is 1. The van der Waals surface area contributed by atoms with Crippen LogP contribution in [0.3, 0.4) is 0 Å². The number of ether oxygens (including phenoxy) is 2. The van der Waals surface area contributed by atoms with E-state index in [0.29, 0.717) is 17.2 Å². The van der Waals surface area contributed by atoms with Crippen LogP contribution >= 0.6 is 11.3 Å². The molecule has 2 heterocycles. The van der Waals surface area contributed by atoms with Gasteiger partial charge in [-0.1, -0.05) is 19.4 Å². The first-order chi connectivity index (χ1) is 13.4. The standard InChI is InChI=1S/C21H27N3O3S/c1-6-7-10-27-17-9-8-15(11-18(17)26-5)13(2)22-20(25)19-12-16-14(3)23-24(4)21(16)28-19/h8-9,11-13H,6-7,10H2,1-5H3,(H,22,25). The zero-order valence-corrected chi connectivity index (χ0v) is 17.9. The molecule has 0 bridgehead atoms. The number of aromatic nitrogens is 2. The number of fused-ring (bicyclic) bond motifs is 1. The minimum atomic E-state index is -0.157. The number of carbonyl (C=O) groups is 1. The number of unbranched alkanes of at least 4 members (excludes halogenated alkanes) is 1. The maximum absolute atomic E-state index is 12.7. The molecular weight excluding hydrogens is 374 g/mol. The van der Waals surface area contributed by atoms with Gasteiger partial charge in [-0.15, -0.1) is 11.3 Å². The lowest BCUT2D eigenvalue weighted by atomic mass is 10.1. The quantitative estimate of drug-likeness (QED) is 0.559. The van der Waals surface area contributed by atoms with Gasteiger partial charge in [0.25, 0.3) is 5.91 Å². The van der Waals surface area contributed by atoms with E-state index < -0.39 is 0 Å². The molecule has 2 aromatic heterocycles. The second-order valence-corrected chi connectivity index (χ2v) is 7.88. The van der Waals surface area contributed by atoms with Crippen LogP contribution in [0.4, 0.5) is 0 Å². The van der Waals surface area contributed by atoms with Crippen molar-refractivity contribution < 1.29 is 14.3 Å². The van der Waals surface area contributed by atoms with Gasteiger partial charge in [-0.05, 0) is 44.0 Å². The largest absolute Gasteiger partial charge is 0.493 e. The molecule has 3 aromatic rings. The summed E-state index contributed by atoms with van der Waals surface area (Å²) in [6.07, 6.45) is 2.08. The molecule has 1 atom stereocenters. The summed E-state index contributed by atoms with van der Waals surface area (Å²) in [5.41, 5.74) is 1.90. The van der Waals surface area contributed by atoms with Gasteiger partial charge in [0.05, 0.1) is 30.3 Å². The highest BCUT2D eigenvalue weighted by Gasteiger charge is 2.18. The molecule has 1 aromatic carbocycles. The molecule has 0 saturated carbocycles. The Morgan fingerprint density at radius 1 is 1.32 bits per heavy atom. The van der Waals surface area contributed by atoms with Gasteiger partial charge in [0.2, 0.25) is 0 Å². The summed E-state index contributed by atoms with van der Waals surface area (Å²) >= 11 is 1.46. The molecular formula is C21H27N3O3S. The van der Waals surface area contributed by atoms with Gasteiger partial charge in [-0.25, -0.2) is 0 Å². The second kappa shape index (κ2) is 8.65. The van der Waals surface area contributed by atoms with Crippen LogP contribution in [0, 0.1) is 6.92 Å². The molecule has 7 heteroatoms. The van der Waals surface area contributed by atoms with E-state index in [1.807, 2.05) is 49.8 Å². The first kappa shape index (κ1) is 20.2. The van der Waals surface area contributed by atoms with Gasteiger partial charge >= 0.3 is 0 Å². The van der Waals surface area contributed by atoms with E-state index in [4.69, 9.17) is 9.47 Å². The van der Waals surface area contributed by atoms with Gasteiger partial charge < -0.3 is 14.8 Å². The highest BCUT2D eigenvalue weighted by Crippen LogP contribution is 2.31. The molecule has 0 fully saturated rings. The SMILES string of the molecule is CCCCOc1ccc(C(C)NC(=O)c2cc3c(C)nn(C)c3s2)cc1OC. The summed E-state index contributed by atoms with van der Waals surface area (Å²) in [4.78, 5) is 14.4. The Morgan fingerprint density at radius 2 is 2.11 bits per heavy atom. The number of thiophene rings is 1. The van der Waals surface area contributed by atoms with Gasteiger partial charge in [0.15, 0.2) is 11.5 Å². The van der Waals surface area contributed by atoms with Crippen LogP contribution in [-0.4, -0.2) is 29.4 Å². The van der Waals surface area contributed by atoms with Crippen LogP contribution in [0.1, 0.15) is 53.7 Å². The third kappa shape index (κ3) is 4.14. The van der Waals surface area contributed by atoms with Gasteiger partial charge in [0, 0.05) is 12.4 Å². The Labute approximate surface area is 169 Å². The molecule has 1 amide bonds. The topological polar surface area (TPSA) is 65.4 Å². The van der Waals surface area contributed by atoms with Crippen molar-refractivity contribution in [2.24, 2.45) is 7.05 Å². The molecule has 6 nitrogen and oxygen atoms in total. The van der Waals surface area contributed by atoms with Crippen LogP contribution in [0.25, 0.3) is 10.2 Å². The fourth-order valence-electron chi connectivity index (χ4n) is 3.07. The lowest BCUT2D eigenvalue weighted by molar-refractivity contribution is 0.0944. The number of rotatable bonds is 8. The van der Waals surface area contributed by atoms with E-state index >= 15 is 0 Å². The van der Waals surface area contributed by atoms with Gasteiger partial charge in [-0.2, -0.15) is 5.10 Å². The van der Waals surface area contributed by atoms with Crippen molar-refractivity contribution in [2.75, 3.05) is 13.7 Å². The first-order valence-corrected chi connectivity index (χ1v) is 10.3. The molecule has 0 aliphatic carbocycles. The Balaban J connectivity index is 1.73. The normalized spacial score (nSPS) is 12.2. The van der Waals surface area contributed by atoms with E-state index in [2.05, 4.69) is 17.3 Å². The molecule has 3 rings (SSSR count). The van der Waals surface area contributed by atoms with Crippen LogP contribution in [-0.2, 0) is 7.05 Å². The Bertz CT molecular complexity index is 942. The minimum Gasteiger partial charge on any atom is -0.493 e. The third-order valence-corrected chi connectivity index (χ3v) is 5.91. The third-order valence-electron chi connectivity index (χ3n) is 4.71. The summed E-state index contributed by atoms with van der Waals surface area (Å²) in [7, 11) is 3.52. The zero-order valence-electron chi connectivity index (χ0n) is 17.0. The number of hydrogen-bond acceptors (Lipinski definition) is 5. The average molecular weight is 402 g/mol. The number of carbonyl (C=O) groups excluding carboxylic acids is 1. The van der Waals surface area contributed by atoms with Crippen molar-refractivity contribution in [2.45, 2.75) is 39.7 Å². The fraction of sp³-hybridized carbons (Fsp3) is 0.429. The van der Waals surface area contributed by atoms with E-state index in [0.717, 1.165) is 40.1 Å². The zero-order chi connectivity index (χ0) is 20.3. The van der Waals surface area contributed by atoms with Gasteiger partial charge in [-0.3, -0.25) is 9.48 Å². The first-order valence-electron chi connectivity index (χ1n) is 9.49. The van der Waals surface area contributed by atoms with Crippen molar-refractivity contribution >= 4 is 27.5 Å². The molecule has 1 unspecified atom stereocenters. The Morgan fingerprint density at radius 3 is 2.79 bits per heavy atom. The highest BCUT2D eigenvalue weighted by atomic mass is 32.1. The molecule has 0 aliphatic rings. The van der Waals surface area contributed by atoms with Crippen molar-refractivity contribution in [3.63, 3.8) is 0 Å². The molecule has 150 valence electrons. The summed E-state index contributed by atoms with van der Waals surface area (Å²) in [6, 6.07) is 7.55. The Kier molecular flexibility index (Phi) is 6.24. The number of benzene rings is 1. The summed E-state index contributed by atoms with van der Waals surface area (Å²) in [5.74, 6) is 1.32. The monoisotopic (exact) mass is 401 g/mol. The summed E-state index contributed by atoms with van der Waals surface area (Å²) in [6.45, 7) is 6.71. The lowest BCUT2D eigenvalue weighted by Crippen LogP contribution is -2.25.